The van der Waals surface area contributed by atoms with Crippen molar-refractivity contribution in [3.05, 3.63) is 35.4 Å². The first-order chi connectivity index (χ1) is 9.65. The van der Waals surface area contributed by atoms with Gasteiger partial charge in [-0.1, -0.05) is 38.1 Å². The van der Waals surface area contributed by atoms with Gasteiger partial charge in [-0.2, -0.15) is 0 Å². The second kappa shape index (κ2) is 9.13. The molecule has 0 aliphatic carbocycles. The molecule has 0 heterocycles. The van der Waals surface area contributed by atoms with Crippen molar-refractivity contribution in [2.45, 2.75) is 52.6 Å². The first-order valence-corrected chi connectivity index (χ1v) is 7.27. The topological polar surface area (TPSA) is 58.2 Å². The van der Waals surface area contributed by atoms with Gasteiger partial charge in [0.25, 0.3) is 0 Å². The molecular formula is C16H24N2O2. The molecule has 0 aliphatic heterocycles. The van der Waals surface area contributed by atoms with Gasteiger partial charge in [-0.15, -0.1) is 0 Å². The molecule has 0 saturated carbocycles. The minimum absolute atomic E-state index is 0.0779. The van der Waals surface area contributed by atoms with Crippen LogP contribution >= 0.6 is 0 Å². The molecule has 0 saturated heterocycles. The number of rotatable bonds is 8. The minimum Gasteiger partial charge on any atom is -0.352 e. The van der Waals surface area contributed by atoms with Crippen molar-refractivity contribution in [3.63, 3.8) is 0 Å². The van der Waals surface area contributed by atoms with Crippen molar-refractivity contribution in [1.29, 1.82) is 0 Å². The summed E-state index contributed by atoms with van der Waals surface area (Å²) in [7, 11) is 0. The predicted octanol–water partition coefficient (Wildman–Crippen LogP) is 2.52. The molecule has 2 amide bonds. The second-order valence-electron chi connectivity index (χ2n) is 4.87. The number of benzene rings is 1. The lowest BCUT2D eigenvalue weighted by molar-refractivity contribution is -0.122. The molecular weight excluding hydrogens is 252 g/mol. The van der Waals surface area contributed by atoms with Gasteiger partial charge in [0.1, 0.15) is 0 Å². The van der Waals surface area contributed by atoms with E-state index in [-0.39, 0.29) is 11.8 Å². The van der Waals surface area contributed by atoms with E-state index in [4.69, 9.17) is 0 Å². The van der Waals surface area contributed by atoms with Crippen LogP contribution in [-0.4, -0.2) is 11.8 Å². The number of hydrogen-bond donors (Lipinski definition) is 2. The lowest BCUT2D eigenvalue weighted by Gasteiger charge is -2.08. The van der Waals surface area contributed by atoms with Crippen LogP contribution in [0.3, 0.4) is 0 Å². The van der Waals surface area contributed by atoms with Crippen LogP contribution in [-0.2, 0) is 22.7 Å². The predicted molar refractivity (Wildman–Crippen MR) is 80.0 cm³/mol. The van der Waals surface area contributed by atoms with Crippen LogP contribution < -0.4 is 10.6 Å². The van der Waals surface area contributed by atoms with E-state index in [0.29, 0.717) is 25.9 Å². The summed E-state index contributed by atoms with van der Waals surface area (Å²) in [5.74, 6) is 0.156. The van der Waals surface area contributed by atoms with Gasteiger partial charge in [0, 0.05) is 25.9 Å². The number of carbonyl (C=O) groups excluding carboxylic acids is 2. The van der Waals surface area contributed by atoms with E-state index in [1.807, 2.05) is 38.1 Å². The van der Waals surface area contributed by atoms with E-state index in [9.17, 15) is 9.59 Å². The Morgan fingerprint density at radius 1 is 0.900 bits per heavy atom. The summed E-state index contributed by atoms with van der Waals surface area (Å²) in [5.41, 5.74) is 2.10. The zero-order chi connectivity index (χ0) is 14.8. The van der Waals surface area contributed by atoms with E-state index in [1.165, 1.54) is 0 Å². The third kappa shape index (κ3) is 6.36. The van der Waals surface area contributed by atoms with Crippen LogP contribution in [0, 0.1) is 0 Å². The molecule has 1 aromatic carbocycles. The molecule has 0 radical (unpaired) electrons. The molecule has 0 unspecified atom stereocenters. The third-order valence-electron chi connectivity index (χ3n) is 2.92. The Balaban J connectivity index is 2.45. The van der Waals surface area contributed by atoms with Gasteiger partial charge >= 0.3 is 0 Å². The Morgan fingerprint density at radius 2 is 1.35 bits per heavy atom. The maximum Gasteiger partial charge on any atom is 0.220 e. The fraction of sp³-hybridized carbons (Fsp3) is 0.500. The van der Waals surface area contributed by atoms with Gasteiger partial charge < -0.3 is 10.6 Å². The van der Waals surface area contributed by atoms with Crippen molar-refractivity contribution in [2.24, 2.45) is 0 Å². The minimum atomic E-state index is 0.0779. The SMILES string of the molecule is CCCC(=O)NCc1cccc(CNC(=O)CCC)c1. The largest absolute Gasteiger partial charge is 0.352 e. The van der Waals surface area contributed by atoms with Gasteiger partial charge in [0.05, 0.1) is 0 Å². The number of carbonyl (C=O) groups is 2. The van der Waals surface area contributed by atoms with Crippen molar-refractivity contribution in [2.75, 3.05) is 0 Å². The van der Waals surface area contributed by atoms with E-state index in [1.54, 1.807) is 0 Å². The maximum absolute atomic E-state index is 11.4. The molecule has 1 aromatic rings. The number of amides is 2. The first-order valence-electron chi connectivity index (χ1n) is 7.27. The quantitative estimate of drug-likeness (QED) is 0.766. The van der Waals surface area contributed by atoms with E-state index in [0.717, 1.165) is 24.0 Å². The van der Waals surface area contributed by atoms with Gasteiger partial charge in [0.15, 0.2) is 0 Å². The Kier molecular flexibility index (Phi) is 7.40. The maximum atomic E-state index is 11.4. The molecule has 110 valence electrons. The Bertz CT molecular complexity index is 407. The van der Waals surface area contributed by atoms with E-state index in [2.05, 4.69) is 10.6 Å². The summed E-state index contributed by atoms with van der Waals surface area (Å²) in [4.78, 5) is 22.8. The van der Waals surface area contributed by atoms with Crippen LogP contribution in [0.1, 0.15) is 50.7 Å². The standard InChI is InChI=1S/C16H24N2O2/c1-3-6-15(19)17-11-13-8-5-9-14(10-13)12-18-16(20)7-4-2/h5,8-10H,3-4,6-7,11-12H2,1-2H3,(H,17,19)(H,18,20). The van der Waals surface area contributed by atoms with E-state index >= 15 is 0 Å². The van der Waals surface area contributed by atoms with Gasteiger partial charge in [0.2, 0.25) is 11.8 Å². The second-order valence-corrected chi connectivity index (χ2v) is 4.87. The van der Waals surface area contributed by atoms with E-state index < -0.39 is 0 Å². The van der Waals surface area contributed by atoms with Crippen molar-refractivity contribution in [1.82, 2.24) is 10.6 Å². The molecule has 4 heteroatoms. The summed E-state index contributed by atoms with van der Waals surface area (Å²) in [5, 5.41) is 5.77. The zero-order valence-corrected chi connectivity index (χ0v) is 12.4. The molecule has 0 spiro atoms. The highest BCUT2D eigenvalue weighted by molar-refractivity contribution is 5.76. The molecule has 0 fully saturated rings. The fourth-order valence-electron chi connectivity index (χ4n) is 1.88. The highest BCUT2D eigenvalue weighted by Crippen LogP contribution is 2.05. The molecule has 2 N–H and O–H groups in total. The van der Waals surface area contributed by atoms with Crippen LogP contribution in [0.4, 0.5) is 0 Å². The average molecular weight is 276 g/mol. The molecule has 0 aromatic heterocycles. The monoisotopic (exact) mass is 276 g/mol. The summed E-state index contributed by atoms with van der Waals surface area (Å²) in [6.07, 6.45) is 2.84. The summed E-state index contributed by atoms with van der Waals surface area (Å²) < 4.78 is 0. The molecule has 0 aliphatic rings. The van der Waals surface area contributed by atoms with Crippen LogP contribution in [0.25, 0.3) is 0 Å². The Morgan fingerprint density at radius 3 is 1.75 bits per heavy atom. The lowest BCUT2D eigenvalue weighted by atomic mass is 10.1. The lowest BCUT2D eigenvalue weighted by Crippen LogP contribution is -2.23. The van der Waals surface area contributed by atoms with Crippen molar-refractivity contribution in [3.8, 4) is 0 Å². The van der Waals surface area contributed by atoms with Crippen LogP contribution in [0.5, 0.6) is 0 Å². The normalized spacial score (nSPS) is 10.1. The zero-order valence-electron chi connectivity index (χ0n) is 12.4. The van der Waals surface area contributed by atoms with Gasteiger partial charge in [-0.25, -0.2) is 0 Å². The van der Waals surface area contributed by atoms with Gasteiger partial charge in [-0.05, 0) is 24.0 Å². The number of nitrogens with one attached hydrogen (secondary N) is 2. The van der Waals surface area contributed by atoms with Crippen molar-refractivity contribution < 1.29 is 9.59 Å². The molecule has 1 rings (SSSR count). The van der Waals surface area contributed by atoms with Crippen LogP contribution in [0.15, 0.2) is 24.3 Å². The fourth-order valence-corrected chi connectivity index (χ4v) is 1.88. The Hall–Kier alpha value is -1.84. The van der Waals surface area contributed by atoms with Crippen molar-refractivity contribution >= 4 is 11.8 Å². The highest BCUT2D eigenvalue weighted by atomic mass is 16.2. The molecule has 20 heavy (non-hydrogen) atoms. The summed E-state index contributed by atoms with van der Waals surface area (Å²) in [6.45, 7) is 5.05. The smallest absolute Gasteiger partial charge is 0.220 e. The Labute approximate surface area is 121 Å². The summed E-state index contributed by atoms with van der Waals surface area (Å²) >= 11 is 0. The molecule has 4 nitrogen and oxygen atoms in total. The molecule has 0 atom stereocenters. The van der Waals surface area contributed by atoms with Gasteiger partial charge in [-0.3, -0.25) is 9.59 Å². The van der Waals surface area contributed by atoms with Crippen LogP contribution in [0.2, 0.25) is 0 Å². The summed E-state index contributed by atoms with van der Waals surface area (Å²) in [6, 6.07) is 7.91. The third-order valence-corrected chi connectivity index (χ3v) is 2.92. The molecule has 0 bridgehead atoms. The highest BCUT2D eigenvalue weighted by Gasteiger charge is 2.02. The first kappa shape index (κ1) is 16.2. The number of hydrogen-bond acceptors (Lipinski definition) is 2. The average Bonchev–Trinajstić information content (AvgIpc) is 2.44.